The Bertz CT molecular complexity index is 543. The van der Waals surface area contributed by atoms with Crippen LogP contribution in [0.1, 0.15) is 83.1 Å². The first-order chi connectivity index (χ1) is 12.7. The van der Waals surface area contributed by atoms with E-state index in [0.717, 1.165) is 18.4 Å². The number of carboxylic acids is 1. The molecule has 1 aromatic carbocycles. The van der Waals surface area contributed by atoms with Gasteiger partial charge in [0.1, 0.15) is 12.4 Å². The zero-order valence-corrected chi connectivity index (χ0v) is 15.9. The van der Waals surface area contributed by atoms with Crippen molar-refractivity contribution >= 4 is 5.97 Å². The minimum atomic E-state index is -0.918. The largest absolute Gasteiger partial charge is 0.479 e. The second-order valence-electron chi connectivity index (χ2n) is 7.03. The molecule has 1 aliphatic heterocycles. The lowest BCUT2D eigenvalue weighted by Gasteiger charge is -2.15. The van der Waals surface area contributed by atoms with Gasteiger partial charge in [0.05, 0.1) is 0 Å². The Morgan fingerprint density at radius 3 is 2.38 bits per heavy atom. The zero-order valence-electron chi connectivity index (χ0n) is 15.9. The van der Waals surface area contributed by atoms with E-state index in [0.29, 0.717) is 24.5 Å². The van der Waals surface area contributed by atoms with Crippen molar-refractivity contribution in [1.82, 2.24) is 0 Å². The molecule has 0 aromatic heterocycles. The van der Waals surface area contributed by atoms with Gasteiger partial charge in [0.15, 0.2) is 11.9 Å². The van der Waals surface area contributed by atoms with Crippen molar-refractivity contribution in [3.63, 3.8) is 0 Å². The summed E-state index contributed by atoms with van der Waals surface area (Å²) in [5, 5.41) is 9.39. The molecular formula is C21H32O5. The SMILES string of the molecule is CCCCCCCCCCCCC(Oc1ccc2c(c1)OOC2)C(=O)O. The monoisotopic (exact) mass is 364 g/mol. The Balaban J connectivity index is 1.60. The number of unbranched alkanes of at least 4 members (excludes halogenated alkanes) is 9. The van der Waals surface area contributed by atoms with E-state index in [9.17, 15) is 9.90 Å². The number of ether oxygens (including phenoxy) is 1. The van der Waals surface area contributed by atoms with Crippen molar-refractivity contribution in [2.75, 3.05) is 0 Å². The van der Waals surface area contributed by atoms with E-state index < -0.39 is 12.1 Å². The van der Waals surface area contributed by atoms with Crippen molar-refractivity contribution in [3.8, 4) is 11.5 Å². The standard InChI is InChI=1S/C21H32O5/c1-2-3-4-5-6-7-8-9-10-11-12-19(21(22)23)25-18-14-13-17-16-24-26-20(17)15-18/h13-15,19H,2-12,16H2,1H3,(H,22,23). The van der Waals surface area contributed by atoms with Crippen LogP contribution in [0.3, 0.4) is 0 Å². The summed E-state index contributed by atoms with van der Waals surface area (Å²) in [7, 11) is 0. The molecule has 1 unspecified atom stereocenters. The smallest absolute Gasteiger partial charge is 0.344 e. The van der Waals surface area contributed by atoms with Gasteiger partial charge in [0.25, 0.3) is 0 Å². The van der Waals surface area contributed by atoms with Crippen LogP contribution in [0.5, 0.6) is 11.5 Å². The van der Waals surface area contributed by atoms with Gasteiger partial charge in [0, 0.05) is 11.6 Å². The molecule has 2 rings (SSSR count). The van der Waals surface area contributed by atoms with Gasteiger partial charge in [-0.05, 0) is 25.0 Å². The maximum absolute atomic E-state index is 11.4. The maximum Gasteiger partial charge on any atom is 0.344 e. The van der Waals surface area contributed by atoms with Crippen LogP contribution in [-0.2, 0) is 16.3 Å². The van der Waals surface area contributed by atoms with Crippen LogP contribution in [0.15, 0.2) is 18.2 Å². The first kappa shape index (κ1) is 20.6. The molecule has 1 heterocycles. The van der Waals surface area contributed by atoms with E-state index in [-0.39, 0.29) is 0 Å². The molecule has 0 aliphatic carbocycles. The van der Waals surface area contributed by atoms with Crippen LogP contribution in [0.4, 0.5) is 0 Å². The van der Waals surface area contributed by atoms with Crippen LogP contribution < -0.4 is 9.62 Å². The molecule has 0 saturated carbocycles. The molecule has 5 heteroatoms. The van der Waals surface area contributed by atoms with Gasteiger partial charge in [-0.3, -0.25) is 0 Å². The van der Waals surface area contributed by atoms with Crippen LogP contribution in [0, 0.1) is 0 Å². The van der Waals surface area contributed by atoms with Crippen molar-refractivity contribution in [3.05, 3.63) is 23.8 Å². The Morgan fingerprint density at radius 1 is 1.08 bits per heavy atom. The summed E-state index contributed by atoms with van der Waals surface area (Å²) in [4.78, 5) is 21.4. The summed E-state index contributed by atoms with van der Waals surface area (Å²) in [5.74, 6) is 0.192. The number of carbonyl (C=O) groups is 1. The van der Waals surface area contributed by atoms with Gasteiger partial charge in [0.2, 0.25) is 0 Å². The fourth-order valence-electron chi connectivity index (χ4n) is 3.18. The number of carboxylic acid groups (broad SMARTS) is 1. The number of benzene rings is 1. The number of hydrogen-bond donors (Lipinski definition) is 1. The molecule has 0 amide bonds. The highest BCUT2D eigenvalue weighted by molar-refractivity contribution is 5.72. The molecule has 26 heavy (non-hydrogen) atoms. The Hall–Kier alpha value is -1.75. The summed E-state index contributed by atoms with van der Waals surface area (Å²) in [6, 6.07) is 5.30. The van der Waals surface area contributed by atoms with Crippen LogP contribution in [0.25, 0.3) is 0 Å². The highest BCUT2D eigenvalue weighted by Crippen LogP contribution is 2.30. The van der Waals surface area contributed by atoms with E-state index in [1.165, 1.54) is 51.4 Å². The fraction of sp³-hybridized carbons (Fsp3) is 0.667. The molecule has 1 atom stereocenters. The van der Waals surface area contributed by atoms with E-state index in [2.05, 4.69) is 6.92 Å². The lowest BCUT2D eigenvalue weighted by Crippen LogP contribution is -2.26. The zero-order chi connectivity index (χ0) is 18.6. The lowest BCUT2D eigenvalue weighted by molar-refractivity contribution is -0.194. The highest BCUT2D eigenvalue weighted by atomic mass is 17.2. The molecular weight excluding hydrogens is 332 g/mol. The third-order valence-corrected chi connectivity index (χ3v) is 4.78. The Morgan fingerprint density at radius 2 is 1.73 bits per heavy atom. The van der Waals surface area contributed by atoms with E-state index in [1.807, 2.05) is 6.07 Å². The molecule has 0 spiro atoms. The van der Waals surface area contributed by atoms with Crippen molar-refractivity contribution in [1.29, 1.82) is 0 Å². The van der Waals surface area contributed by atoms with Crippen molar-refractivity contribution in [2.24, 2.45) is 0 Å². The fourth-order valence-corrected chi connectivity index (χ4v) is 3.18. The average Bonchev–Trinajstić information content (AvgIpc) is 3.10. The second-order valence-corrected chi connectivity index (χ2v) is 7.03. The number of rotatable bonds is 14. The van der Waals surface area contributed by atoms with Gasteiger partial charge in [-0.2, -0.15) is 4.89 Å². The van der Waals surface area contributed by atoms with Gasteiger partial charge in [-0.15, -0.1) is 0 Å². The number of fused-ring (bicyclic) bond motifs is 1. The van der Waals surface area contributed by atoms with Gasteiger partial charge < -0.3 is 14.7 Å². The summed E-state index contributed by atoms with van der Waals surface area (Å²) in [6.07, 6.45) is 12.0. The molecule has 0 fully saturated rings. The normalized spacial score (nSPS) is 13.9. The summed E-state index contributed by atoms with van der Waals surface area (Å²) >= 11 is 0. The van der Waals surface area contributed by atoms with E-state index >= 15 is 0 Å². The highest BCUT2D eigenvalue weighted by Gasteiger charge is 2.21. The first-order valence-corrected chi connectivity index (χ1v) is 10.0. The van der Waals surface area contributed by atoms with Crippen molar-refractivity contribution in [2.45, 2.75) is 90.3 Å². The van der Waals surface area contributed by atoms with Crippen molar-refractivity contribution < 1.29 is 24.4 Å². The molecule has 0 saturated heterocycles. The summed E-state index contributed by atoms with van der Waals surface area (Å²) < 4.78 is 5.65. The molecule has 1 N–H and O–H groups in total. The summed E-state index contributed by atoms with van der Waals surface area (Å²) in [5.41, 5.74) is 0.943. The van der Waals surface area contributed by atoms with E-state index in [1.54, 1.807) is 12.1 Å². The maximum atomic E-state index is 11.4. The lowest BCUT2D eigenvalue weighted by atomic mass is 10.0. The predicted molar refractivity (Wildman–Crippen MR) is 100 cm³/mol. The third kappa shape index (κ3) is 7.24. The predicted octanol–water partition coefficient (Wildman–Crippen LogP) is 5.65. The molecule has 1 aliphatic rings. The molecule has 1 aromatic rings. The van der Waals surface area contributed by atoms with Crippen LogP contribution in [-0.4, -0.2) is 17.2 Å². The third-order valence-electron chi connectivity index (χ3n) is 4.78. The van der Waals surface area contributed by atoms with Crippen LogP contribution >= 0.6 is 0 Å². The van der Waals surface area contributed by atoms with Gasteiger partial charge in [-0.1, -0.05) is 64.7 Å². The van der Waals surface area contributed by atoms with Crippen LogP contribution in [0.2, 0.25) is 0 Å². The Kier molecular flexibility index (Phi) is 9.32. The molecule has 146 valence electrons. The number of hydrogen-bond acceptors (Lipinski definition) is 4. The number of aliphatic carboxylic acids is 1. The quantitative estimate of drug-likeness (QED) is 0.341. The first-order valence-electron chi connectivity index (χ1n) is 10.0. The topological polar surface area (TPSA) is 65.0 Å². The average molecular weight is 364 g/mol. The second kappa shape index (κ2) is 11.8. The molecule has 0 radical (unpaired) electrons. The van der Waals surface area contributed by atoms with Gasteiger partial charge in [-0.25, -0.2) is 4.79 Å². The molecule has 0 bridgehead atoms. The minimum Gasteiger partial charge on any atom is -0.479 e. The Labute approximate surface area is 156 Å². The minimum absolute atomic E-state index is 0.413. The molecule has 5 nitrogen and oxygen atoms in total. The van der Waals surface area contributed by atoms with Gasteiger partial charge >= 0.3 is 5.97 Å². The van der Waals surface area contributed by atoms with E-state index in [4.69, 9.17) is 14.5 Å². The summed E-state index contributed by atoms with van der Waals surface area (Å²) in [6.45, 7) is 2.65.